The van der Waals surface area contributed by atoms with E-state index in [4.69, 9.17) is 4.42 Å². The summed E-state index contributed by atoms with van der Waals surface area (Å²) in [6.45, 7) is 6.13. The van der Waals surface area contributed by atoms with Gasteiger partial charge in [-0.05, 0) is 40.8 Å². The van der Waals surface area contributed by atoms with Crippen LogP contribution in [0.1, 0.15) is 49.8 Å². The Balaban J connectivity index is 1.57. The number of Topliss-reactive ketones (excluding diaryl/α,β-unsaturated/α-hetero) is 1. The average Bonchev–Trinajstić information content (AvgIpc) is 3.69. The summed E-state index contributed by atoms with van der Waals surface area (Å²) in [6, 6.07) is 13.7. The van der Waals surface area contributed by atoms with Gasteiger partial charge in [0.2, 0.25) is 15.6 Å². The van der Waals surface area contributed by atoms with Gasteiger partial charge in [-0.25, -0.2) is 13.4 Å². The summed E-state index contributed by atoms with van der Waals surface area (Å²) in [5.41, 5.74) is 1.12. The number of non-ortho nitro benzene ring substituents is 1. The monoisotopic (exact) mass is 595 g/mol. The normalized spacial score (nSPS) is 18.6. The molecule has 0 radical (unpaired) electrons. The van der Waals surface area contributed by atoms with Crippen molar-refractivity contribution in [2.45, 2.75) is 47.4 Å². The Hall–Kier alpha value is -4.20. The number of thiazole rings is 1. The smallest absolute Gasteiger partial charge is 0.297 e. The molecule has 1 aliphatic heterocycles. The summed E-state index contributed by atoms with van der Waals surface area (Å²) in [5.74, 6) is -2.96. The standard InChI is InChI=1S/C28H25N3O8S2/c1-28(2,3)17-8-6-16(7-9-17)23-22(24(32)20-5-4-14-39-20)25(33)26(34)30(23)27-29-15-21(40-27)41(37,38)19-12-10-18(11-13-19)31(35)36/h4-15,22-24,32H,1-3H3/t22-,23+,24-/m0/s1. The van der Waals surface area contributed by atoms with E-state index in [9.17, 15) is 33.2 Å². The van der Waals surface area contributed by atoms with Gasteiger partial charge < -0.3 is 9.52 Å². The van der Waals surface area contributed by atoms with Gasteiger partial charge >= 0.3 is 0 Å². The summed E-state index contributed by atoms with van der Waals surface area (Å²) in [6.07, 6.45) is 0.966. The number of nitrogens with zero attached hydrogens (tertiary/aromatic N) is 3. The molecule has 3 heterocycles. The van der Waals surface area contributed by atoms with Gasteiger partial charge in [0.05, 0.1) is 34.2 Å². The number of carbonyl (C=O) groups is 2. The molecule has 0 unspecified atom stereocenters. The summed E-state index contributed by atoms with van der Waals surface area (Å²) in [7, 11) is -4.14. The molecular formula is C28H25N3O8S2. The molecule has 212 valence electrons. The van der Waals surface area contributed by atoms with Gasteiger partial charge in [0.15, 0.2) is 5.13 Å². The first-order chi connectivity index (χ1) is 19.3. The van der Waals surface area contributed by atoms with Gasteiger partial charge in [-0.3, -0.25) is 24.6 Å². The minimum Gasteiger partial charge on any atom is -0.467 e. The first kappa shape index (κ1) is 28.3. The average molecular weight is 596 g/mol. The van der Waals surface area contributed by atoms with Crippen LogP contribution in [0.5, 0.6) is 0 Å². The number of hydrogen-bond donors (Lipinski definition) is 1. The molecule has 1 amide bonds. The van der Waals surface area contributed by atoms with Crippen LogP contribution in [0, 0.1) is 16.0 Å². The molecule has 1 fully saturated rings. The molecule has 11 nitrogen and oxygen atoms in total. The summed E-state index contributed by atoms with van der Waals surface area (Å²) < 4.78 is 31.7. The zero-order valence-corrected chi connectivity index (χ0v) is 23.8. The lowest BCUT2D eigenvalue weighted by molar-refractivity contribution is -0.384. The molecule has 0 spiro atoms. The Kier molecular flexibility index (Phi) is 7.14. The molecule has 5 rings (SSSR count). The number of carbonyl (C=O) groups excluding carboxylic acids is 2. The highest BCUT2D eigenvalue weighted by Gasteiger charge is 2.53. The lowest BCUT2D eigenvalue weighted by Crippen LogP contribution is -2.30. The van der Waals surface area contributed by atoms with Crippen LogP contribution in [0.2, 0.25) is 0 Å². The number of ketones is 1. The summed E-state index contributed by atoms with van der Waals surface area (Å²) in [4.78, 5) is 42.2. The molecule has 0 bridgehead atoms. The zero-order valence-electron chi connectivity index (χ0n) is 22.1. The second-order valence-corrected chi connectivity index (χ2v) is 13.7. The number of amides is 1. The first-order valence-electron chi connectivity index (χ1n) is 12.5. The third-order valence-electron chi connectivity index (χ3n) is 6.94. The minimum absolute atomic E-state index is 0.0529. The maximum absolute atomic E-state index is 13.4. The Morgan fingerprint density at radius 1 is 1.07 bits per heavy atom. The molecule has 2 aromatic heterocycles. The zero-order chi connectivity index (χ0) is 29.7. The second-order valence-electron chi connectivity index (χ2n) is 10.6. The van der Waals surface area contributed by atoms with Crippen LogP contribution < -0.4 is 4.90 Å². The number of aliphatic hydroxyl groups excluding tert-OH is 1. The second kappa shape index (κ2) is 10.3. The lowest BCUT2D eigenvalue weighted by Gasteiger charge is -2.28. The van der Waals surface area contributed by atoms with Crippen molar-refractivity contribution in [3.63, 3.8) is 0 Å². The molecule has 0 aliphatic carbocycles. The number of hydrogen-bond acceptors (Lipinski definition) is 10. The van der Waals surface area contributed by atoms with Gasteiger partial charge in [-0.2, -0.15) is 0 Å². The van der Waals surface area contributed by atoms with Crippen molar-refractivity contribution in [1.29, 1.82) is 0 Å². The molecule has 1 saturated heterocycles. The number of nitro benzene ring substituents is 1. The van der Waals surface area contributed by atoms with Crippen molar-refractivity contribution in [3.05, 3.63) is 100 Å². The number of aliphatic hydroxyl groups is 1. The number of anilines is 1. The third kappa shape index (κ3) is 5.07. The van der Waals surface area contributed by atoms with E-state index in [-0.39, 0.29) is 31.1 Å². The lowest BCUT2D eigenvalue weighted by atomic mass is 9.83. The van der Waals surface area contributed by atoms with Crippen LogP contribution >= 0.6 is 11.3 Å². The van der Waals surface area contributed by atoms with Crippen LogP contribution in [0.25, 0.3) is 0 Å². The van der Waals surface area contributed by atoms with Crippen LogP contribution in [0.15, 0.2) is 86.6 Å². The fourth-order valence-electron chi connectivity index (χ4n) is 4.74. The Morgan fingerprint density at radius 3 is 2.29 bits per heavy atom. The topological polar surface area (TPSA) is 161 Å². The predicted molar refractivity (Wildman–Crippen MR) is 148 cm³/mol. The van der Waals surface area contributed by atoms with E-state index in [1.165, 1.54) is 12.3 Å². The van der Waals surface area contributed by atoms with Gasteiger partial charge in [-0.1, -0.05) is 56.4 Å². The van der Waals surface area contributed by atoms with E-state index in [0.29, 0.717) is 16.9 Å². The molecule has 1 N–H and O–H groups in total. The number of rotatable bonds is 7. The Morgan fingerprint density at radius 2 is 1.73 bits per heavy atom. The van der Waals surface area contributed by atoms with Gasteiger partial charge in [0.25, 0.3) is 11.6 Å². The predicted octanol–water partition coefficient (Wildman–Crippen LogP) is 4.78. The maximum atomic E-state index is 13.4. The van der Waals surface area contributed by atoms with Crippen molar-refractivity contribution < 1.29 is 32.5 Å². The van der Waals surface area contributed by atoms with Crippen LogP contribution in [0.3, 0.4) is 0 Å². The number of nitro groups is 1. The molecule has 13 heteroatoms. The van der Waals surface area contributed by atoms with Crippen LogP contribution in [-0.4, -0.2) is 35.1 Å². The van der Waals surface area contributed by atoms with Gasteiger partial charge in [0.1, 0.15) is 16.1 Å². The highest BCUT2D eigenvalue weighted by Crippen LogP contribution is 2.47. The van der Waals surface area contributed by atoms with E-state index >= 15 is 0 Å². The fourth-order valence-corrected chi connectivity index (χ4v) is 7.29. The molecule has 4 aromatic rings. The van der Waals surface area contributed by atoms with E-state index in [1.807, 2.05) is 32.9 Å². The van der Waals surface area contributed by atoms with Crippen molar-refractivity contribution in [1.82, 2.24) is 4.98 Å². The van der Waals surface area contributed by atoms with Crippen molar-refractivity contribution in [2.24, 2.45) is 5.92 Å². The molecule has 2 aromatic carbocycles. The molecular weight excluding hydrogens is 570 g/mol. The van der Waals surface area contributed by atoms with Crippen molar-refractivity contribution in [3.8, 4) is 0 Å². The number of aromatic nitrogens is 1. The number of benzene rings is 2. The summed E-state index contributed by atoms with van der Waals surface area (Å²) in [5, 5.41) is 22.1. The van der Waals surface area contributed by atoms with Gasteiger partial charge in [-0.15, -0.1) is 0 Å². The summed E-state index contributed by atoms with van der Waals surface area (Å²) >= 11 is 0.680. The van der Waals surface area contributed by atoms with E-state index < -0.39 is 44.5 Å². The maximum Gasteiger partial charge on any atom is 0.297 e. The van der Waals surface area contributed by atoms with E-state index in [2.05, 4.69) is 4.98 Å². The number of furan rings is 1. The highest BCUT2D eigenvalue weighted by atomic mass is 32.2. The molecule has 1 aliphatic rings. The van der Waals surface area contributed by atoms with E-state index in [0.717, 1.165) is 40.9 Å². The van der Waals surface area contributed by atoms with Gasteiger partial charge in [0, 0.05) is 12.1 Å². The Labute approximate surface area is 239 Å². The molecule has 0 saturated carbocycles. The third-order valence-corrected chi connectivity index (χ3v) is 10.2. The van der Waals surface area contributed by atoms with E-state index in [1.54, 1.807) is 18.2 Å². The molecule has 3 atom stereocenters. The Bertz CT molecular complexity index is 1720. The number of sulfone groups is 1. The quantitative estimate of drug-likeness (QED) is 0.180. The van der Waals surface area contributed by atoms with Crippen molar-refractivity contribution in [2.75, 3.05) is 4.90 Å². The SMILES string of the molecule is CC(C)(C)c1ccc([C@@H]2[C@@H]([C@@H](O)c3ccco3)C(=O)C(=O)N2c2ncc(S(=O)(=O)c3ccc([N+](=O)[O-])cc3)s2)cc1. The van der Waals surface area contributed by atoms with Crippen LogP contribution in [-0.2, 0) is 24.8 Å². The fraction of sp³-hybridized carbons (Fsp3) is 0.250. The largest absolute Gasteiger partial charge is 0.467 e. The minimum atomic E-state index is -4.14. The molecule has 41 heavy (non-hydrogen) atoms. The highest BCUT2D eigenvalue weighted by molar-refractivity contribution is 7.93. The van der Waals surface area contributed by atoms with Crippen LogP contribution in [0.4, 0.5) is 10.8 Å². The van der Waals surface area contributed by atoms with Crippen molar-refractivity contribution >= 4 is 43.7 Å². The first-order valence-corrected chi connectivity index (χ1v) is 14.8.